The number of aromatic nitrogens is 1. The van der Waals surface area contributed by atoms with E-state index in [1.165, 1.54) is 4.57 Å². The van der Waals surface area contributed by atoms with Crippen LogP contribution in [0.25, 0.3) is 10.2 Å². The van der Waals surface area contributed by atoms with E-state index in [1.54, 1.807) is 25.1 Å². The van der Waals surface area contributed by atoms with Gasteiger partial charge in [0.25, 0.3) is 0 Å². The third kappa shape index (κ3) is 2.35. The number of rotatable bonds is 3. The van der Waals surface area contributed by atoms with Gasteiger partial charge in [0.2, 0.25) is 0 Å². The van der Waals surface area contributed by atoms with Gasteiger partial charge in [0.05, 0.1) is 21.8 Å². The van der Waals surface area contributed by atoms with Crippen LogP contribution < -0.4 is 4.87 Å². The van der Waals surface area contributed by atoms with Gasteiger partial charge in [-0.2, -0.15) is 0 Å². The van der Waals surface area contributed by atoms with Crippen molar-refractivity contribution in [2.75, 3.05) is 6.61 Å². The van der Waals surface area contributed by atoms with Crippen LogP contribution in [0.15, 0.2) is 23.0 Å². The summed E-state index contributed by atoms with van der Waals surface area (Å²) in [5.41, 5.74) is 0.667. The Morgan fingerprint density at radius 1 is 1.53 bits per heavy atom. The first kappa shape index (κ1) is 12.1. The average molecular weight is 272 g/mol. The molecule has 17 heavy (non-hydrogen) atoms. The number of esters is 1. The smallest absolute Gasteiger partial charge is 0.326 e. The molecule has 0 spiro atoms. The standard InChI is InChI=1S/C11H10ClNO3S/c1-2-16-9(14)6-13-8-5-3-4-7(12)10(8)17-11(13)15/h3-5H,2,6H2,1H3. The van der Waals surface area contributed by atoms with Crippen molar-refractivity contribution in [1.29, 1.82) is 0 Å². The van der Waals surface area contributed by atoms with Gasteiger partial charge in [-0.25, -0.2) is 0 Å². The molecular weight excluding hydrogens is 262 g/mol. The number of thiazole rings is 1. The van der Waals surface area contributed by atoms with Crippen molar-refractivity contribution in [3.05, 3.63) is 32.9 Å². The molecule has 0 amide bonds. The molecule has 0 bridgehead atoms. The van der Waals surface area contributed by atoms with E-state index in [4.69, 9.17) is 16.3 Å². The van der Waals surface area contributed by atoms with Crippen LogP contribution >= 0.6 is 22.9 Å². The van der Waals surface area contributed by atoms with E-state index in [0.717, 1.165) is 11.3 Å². The molecule has 6 heteroatoms. The SMILES string of the molecule is CCOC(=O)Cn1c(=O)sc2c(Cl)cccc21. The maximum Gasteiger partial charge on any atom is 0.326 e. The second kappa shape index (κ2) is 4.89. The first-order valence-electron chi connectivity index (χ1n) is 5.07. The summed E-state index contributed by atoms with van der Waals surface area (Å²) in [5.74, 6) is -0.422. The van der Waals surface area contributed by atoms with Crippen molar-refractivity contribution < 1.29 is 9.53 Å². The molecule has 1 aromatic carbocycles. The molecule has 90 valence electrons. The Balaban J connectivity index is 2.47. The van der Waals surface area contributed by atoms with Crippen molar-refractivity contribution in [3.63, 3.8) is 0 Å². The van der Waals surface area contributed by atoms with E-state index >= 15 is 0 Å². The van der Waals surface area contributed by atoms with Gasteiger partial charge in [-0.3, -0.25) is 14.2 Å². The van der Waals surface area contributed by atoms with Gasteiger partial charge >= 0.3 is 10.8 Å². The molecule has 0 saturated carbocycles. The minimum atomic E-state index is -0.422. The van der Waals surface area contributed by atoms with Crippen LogP contribution in [0.3, 0.4) is 0 Å². The van der Waals surface area contributed by atoms with Crippen LogP contribution in [0.1, 0.15) is 6.92 Å². The minimum absolute atomic E-state index is 0.0764. The van der Waals surface area contributed by atoms with E-state index in [9.17, 15) is 9.59 Å². The van der Waals surface area contributed by atoms with Crippen LogP contribution in [0, 0.1) is 0 Å². The van der Waals surface area contributed by atoms with Crippen molar-refractivity contribution in [2.24, 2.45) is 0 Å². The van der Waals surface area contributed by atoms with Crippen molar-refractivity contribution in [2.45, 2.75) is 13.5 Å². The van der Waals surface area contributed by atoms with Gasteiger partial charge in [0.15, 0.2) is 0 Å². The van der Waals surface area contributed by atoms with Crippen molar-refractivity contribution in [3.8, 4) is 0 Å². The summed E-state index contributed by atoms with van der Waals surface area (Å²) in [5, 5.41) is 0.521. The fourth-order valence-electron chi connectivity index (χ4n) is 1.54. The lowest BCUT2D eigenvalue weighted by Crippen LogP contribution is -2.20. The molecule has 0 unspecified atom stereocenters. The minimum Gasteiger partial charge on any atom is -0.465 e. The molecule has 0 N–H and O–H groups in total. The van der Waals surface area contributed by atoms with E-state index in [-0.39, 0.29) is 11.4 Å². The summed E-state index contributed by atoms with van der Waals surface area (Å²) in [7, 11) is 0. The van der Waals surface area contributed by atoms with E-state index in [2.05, 4.69) is 0 Å². The predicted molar refractivity (Wildman–Crippen MR) is 67.7 cm³/mol. The lowest BCUT2D eigenvalue weighted by atomic mass is 10.3. The largest absolute Gasteiger partial charge is 0.465 e. The maximum atomic E-state index is 11.7. The normalized spacial score (nSPS) is 10.7. The highest BCUT2D eigenvalue weighted by Crippen LogP contribution is 2.25. The molecule has 0 aliphatic heterocycles. The average Bonchev–Trinajstić information content (AvgIpc) is 2.58. The van der Waals surface area contributed by atoms with Gasteiger partial charge in [0, 0.05) is 0 Å². The lowest BCUT2D eigenvalue weighted by Gasteiger charge is -2.03. The summed E-state index contributed by atoms with van der Waals surface area (Å²) in [4.78, 5) is 22.9. The van der Waals surface area contributed by atoms with Gasteiger partial charge in [-0.1, -0.05) is 29.0 Å². The van der Waals surface area contributed by atoms with Crippen LogP contribution in [0.2, 0.25) is 5.02 Å². The Bertz CT molecular complexity index is 617. The highest BCUT2D eigenvalue weighted by atomic mass is 35.5. The van der Waals surface area contributed by atoms with Crippen molar-refractivity contribution >= 4 is 39.1 Å². The molecule has 1 heterocycles. The zero-order chi connectivity index (χ0) is 12.4. The molecule has 0 atom stereocenters. The summed E-state index contributed by atoms with van der Waals surface area (Å²) in [6.45, 7) is 1.95. The fourth-order valence-corrected chi connectivity index (χ4v) is 2.72. The Labute approximate surface area is 106 Å². The number of carbonyl (C=O) groups is 1. The van der Waals surface area contributed by atoms with Crippen LogP contribution in [-0.4, -0.2) is 17.1 Å². The Kier molecular flexibility index (Phi) is 3.49. The summed E-state index contributed by atoms with van der Waals surface area (Å²) in [6, 6.07) is 5.23. The second-order valence-corrected chi connectivity index (χ2v) is 4.72. The Morgan fingerprint density at radius 2 is 2.29 bits per heavy atom. The molecular formula is C11H10ClNO3S. The molecule has 4 nitrogen and oxygen atoms in total. The van der Waals surface area contributed by atoms with Crippen LogP contribution in [0.5, 0.6) is 0 Å². The predicted octanol–water partition coefficient (Wildman–Crippen LogP) is 2.28. The number of hydrogen-bond acceptors (Lipinski definition) is 4. The summed E-state index contributed by atoms with van der Waals surface area (Å²) in [6.07, 6.45) is 0. The Hall–Kier alpha value is -1.33. The third-order valence-electron chi connectivity index (χ3n) is 2.24. The molecule has 0 saturated heterocycles. The number of halogens is 1. The first-order valence-corrected chi connectivity index (χ1v) is 6.26. The van der Waals surface area contributed by atoms with Gasteiger partial charge in [-0.15, -0.1) is 0 Å². The van der Waals surface area contributed by atoms with E-state index < -0.39 is 5.97 Å². The molecule has 0 aliphatic carbocycles. The number of hydrogen-bond donors (Lipinski definition) is 0. The van der Waals surface area contributed by atoms with Crippen LogP contribution in [0.4, 0.5) is 0 Å². The summed E-state index contributed by atoms with van der Waals surface area (Å²) >= 11 is 7.02. The highest BCUT2D eigenvalue weighted by Gasteiger charge is 2.13. The fraction of sp³-hybridized carbons (Fsp3) is 0.273. The van der Waals surface area contributed by atoms with Gasteiger partial charge < -0.3 is 4.74 Å². The van der Waals surface area contributed by atoms with Crippen molar-refractivity contribution in [1.82, 2.24) is 4.57 Å². The molecule has 0 fully saturated rings. The third-order valence-corrected chi connectivity index (χ3v) is 3.69. The molecule has 0 aliphatic rings. The number of carbonyl (C=O) groups excluding carboxylic acids is 1. The van der Waals surface area contributed by atoms with E-state index in [0.29, 0.717) is 21.8 Å². The maximum absolute atomic E-state index is 11.7. The molecule has 2 rings (SSSR count). The quantitative estimate of drug-likeness (QED) is 0.805. The number of ether oxygens (including phenoxy) is 1. The van der Waals surface area contributed by atoms with Crippen LogP contribution in [-0.2, 0) is 16.1 Å². The first-order chi connectivity index (χ1) is 8.13. The topological polar surface area (TPSA) is 48.3 Å². The number of fused-ring (bicyclic) bond motifs is 1. The number of benzene rings is 1. The Morgan fingerprint density at radius 3 is 3.00 bits per heavy atom. The zero-order valence-corrected chi connectivity index (χ0v) is 10.7. The van der Waals surface area contributed by atoms with E-state index in [1.807, 2.05) is 0 Å². The molecule has 1 aromatic heterocycles. The summed E-state index contributed by atoms with van der Waals surface area (Å²) < 4.78 is 6.90. The zero-order valence-electron chi connectivity index (χ0n) is 9.10. The number of nitrogens with zero attached hydrogens (tertiary/aromatic N) is 1. The lowest BCUT2D eigenvalue weighted by molar-refractivity contribution is -0.143. The highest BCUT2D eigenvalue weighted by molar-refractivity contribution is 7.17. The second-order valence-electron chi connectivity index (χ2n) is 3.35. The van der Waals surface area contributed by atoms with Gasteiger partial charge in [-0.05, 0) is 19.1 Å². The molecule has 2 aromatic rings. The monoisotopic (exact) mass is 271 g/mol. The molecule has 0 radical (unpaired) electrons. The van der Waals surface area contributed by atoms with Gasteiger partial charge in [0.1, 0.15) is 6.54 Å².